The third kappa shape index (κ3) is 3.19. The van der Waals surface area contributed by atoms with Crippen molar-refractivity contribution in [1.29, 1.82) is 0 Å². The maximum absolute atomic E-state index is 6.87. The predicted octanol–water partition coefficient (Wildman–Crippen LogP) is 5.53. The quantitative estimate of drug-likeness (QED) is 0.357. The Morgan fingerprint density at radius 2 is 1.22 bits per heavy atom. The van der Waals surface area contributed by atoms with E-state index < -0.39 is 10.5 Å². The molecule has 1 heterocycles. The van der Waals surface area contributed by atoms with E-state index in [1.54, 1.807) is 0 Å². The molecule has 27 heavy (non-hydrogen) atoms. The lowest BCUT2D eigenvalue weighted by Crippen LogP contribution is -2.54. The Hall–Kier alpha value is -2.13. The van der Waals surface area contributed by atoms with Crippen LogP contribution in [0, 0.1) is 0 Å². The zero-order chi connectivity index (χ0) is 18.7. The number of hydrogen-bond acceptors (Lipinski definition) is 2. The number of nitrogens with zero attached hydrogens (tertiary/aromatic N) is 1. The van der Waals surface area contributed by atoms with Gasteiger partial charge in [-0.25, -0.2) is 10.4 Å². The number of hydrazine groups is 1. The number of halogens is 1. The van der Waals surface area contributed by atoms with E-state index >= 15 is 0 Å². The molecular weight excluding hydrogens is 352 g/mol. The highest BCUT2D eigenvalue weighted by Gasteiger charge is 2.48. The number of alkyl halides is 1. The fourth-order valence-corrected chi connectivity index (χ4v) is 4.34. The molecule has 3 aromatic rings. The Bertz CT molecular complexity index is 770. The molecule has 4 rings (SSSR count). The maximum atomic E-state index is 6.87. The molecule has 0 amide bonds. The normalized spacial score (nSPS) is 20.7. The van der Waals surface area contributed by atoms with Gasteiger partial charge >= 0.3 is 0 Å². The van der Waals surface area contributed by atoms with Gasteiger partial charge in [-0.3, -0.25) is 0 Å². The molecule has 0 aromatic heterocycles. The van der Waals surface area contributed by atoms with Gasteiger partial charge in [-0.15, -0.1) is 11.6 Å². The summed E-state index contributed by atoms with van der Waals surface area (Å²) >= 11 is 6.87. The standard InChI is InChI=1S/C24H25ClN2/c1-2-23(25)18-19-27(26-23)24(20-12-6-3-7-13-20,21-14-8-4-9-15-21)22-16-10-5-11-17-22/h3-17,26H,2,18-19H2,1H3. The molecular formula is C24H25ClN2. The summed E-state index contributed by atoms with van der Waals surface area (Å²) in [6.07, 6.45) is 1.78. The second-order valence-corrected chi connectivity index (χ2v) is 7.86. The van der Waals surface area contributed by atoms with Crippen LogP contribution >= 0.6 is 11.6 Å². The van der Waals surface area contributed by atoms with Crippen molar-refractivity contribution in [2.24, 2.45) is 0 Å². The third-order valence-corrected chi connectivity index (χ3v) is 6.15. The zero-order valence-corrected chi connectivity index (χ0v) is 16.4. The maximum Gasteiger partial charge on any atom is 0.110 e. The lowest BCUT2D eigenvalue weighted by atomic mass is 9.76. The van der Waals surface area contributed by atoms with Crippen LogP contribution < -0.4 is 5.43 Å². The monoisotopic (exact) mass is 376 g/mol. The summed E-state index contributed by atoms with van der Waals surface area (Å²) in [6.45, 7) is 3.01. The molecule has 1 N–H and O–H groups in total. The van der Waals surface area contributed by atoms with Crippen molar-refractivity contribution >= 4 is 11.6 Å². The van der Waals surface area contributed by atoms with Crippen molar-refractivity contribution in [3.05, 3.63) is 108 Å². The van der Waals surface area contributed by atoms with E-state index in [4.69, 9.17) is 11.6 Å². The Kier molecular flexibility index (Phi) is 5.05. The van der Waals surface area contributed by atoms with Crippen molar-refractivity contribution in [2.75, 3.05) is 6.54 Å². The van der Waals surface area contributed by atoms with Crippen LogP contribution in [0.5, 0.6) is 0 Å². The molecule has 1 atom stereocenters. The molecule has 3 heteroatoms. The second-order valence-electron chi connectivity index (χ2n) is 7.14. The first-order valence-corrected chi connectivity index (χ1v) is 9.98. The first-order valence-electron chi connectivity index (χ1n) is 9.60. The molecule has 1 fully saturated rings. The van der Waals surface area contributed by atoms with Crippen LogP contribution in [-0.4, -0.2) is 16.6 Å². The highest BCUT2D eigenvalue weighted by molar-refractivity contribution is 6.23. The van der Waals surface area contributed by atoms with Crippen molar-refractivity contribution < 1.29 is 0 Å². The SMILES string of the molecule is CCC1(Cl)CCN(C(c2ccccc2)(c2ccccc2)c2ccccc2)N1. The number of nitrogens with one attached hydrogen (secondary N) is 1. The minimum atomic E-state index is -0.449. The number of benzene rings is 3. The van der Waals surface area contributed by atoms with E-state index in [0.29, 0.717) is 0 Å². The fourth-order valence-electron chi connectivity index (χ4n) is 4.16. The van der Waals surface area contributed by atoms with Crippen LogP contribution in [0.4, 0.5) is 0 Å². The Morgan fingerprint density at radius 1 is 0.815 bits per heavy atom. The zero-order valence-electron chi connectivity index (χ0n) is 15.6. The summed E-state index contributed by atoms with van der Waals surface area (Å²) in [4.78, 5) is -0.399. The average Bonchev–Trinajstić information content (AvgIpc) is 3.14. The van der Waals surface area contributed by atoms with E-state index in [1.807, 2.05) is 0 Å². The van der Waals surface area contributed by atoms with Crippen LogP contribution in [0.1, 0.15) is 36.5 Å². The molecule has 0 aliphatic carbocycles. The fraction of sp³-hybridized carbons (Fsp3) is 0.250. The summed E-state index contributed by atoms with van der Waals surface area (Å²) in [5, 5.41) is 2.34. The summed E-state index contributed by atoms with van der Waals surface area (Å²) in [6, 6.07) is 32.1. The lowest BCUT2D eigenvalue weighted by molar-refractivity contribution is 0.117. The van der Waals surface area contributed by atoms with Gasteiger partial charge in [-0.2, -0.15) is 0 Å². The van der Waals surface area contributed by atoms with Crippen molar-refractivity contribution in [1.82, 2.24) is 10.4 Å². The smallest absolute Gasteiger partial charge is 0.110 e. The highest BCUT2D eigenvalue weighted by atomic mass is 35.5. The minimum Gasteiger partial charge on any atom is -0.233 e. The topological polar surface area (TPSA) is 15.3 Å². The van der Waals surface area contributed by atoms with Gasteiger partial charge in [-0.1, -0.05) is 97.9 Å². The molecule has 1 aliphatic rings. The van der Waals surface area contributed by atoms with E-state index in [0.717, 1.165) is 19.4 Å². The van der Waals surface area contributed by atoms with Crippen LogP contribution in [-0.2, 0) is 5.54 Å². The molecule has 0 spiro atoms. The largest absolute Gasteiger partial charge is 0.233 e. The van der Waals surface area contributed by atoms with Gasteiger partial charge in [0.05, 0.1) is 0 Å². The van der Waals surface area contributed by atoms with Gasteiger partial charge < -0.3 is 0 Å². The van der Waals surface area contributed by atoms with Gasteiger partial charge in [0.1, 0.15) is 10.5 Å². The van der Waals surface area contributed by atoms with Crippen LogP contribution in [0.3, 0.4) is 0 Å². The molecule has 1 saturated heterocycles. The average molecular weight is 377 g/mol. The molecule has 2 nitrogen and oxygen atoms in total. The Morgan fingerprint density at radius 3 is 1.56 bits per heavy atom. The van der Waals surface area contributed by atoms with Crippen LogP contribution in [0.2, 0.25) is 0 Å². The summed E-state index contributed by atoms with van der Waals surface area (Å²) in [5.74, 6) is 0. The summed E-state index contributed by atoms with van der Waals surface area (Å²) < 4.78 is 0. The van der Waals surface area contributed by atoms with Gasteiger partial charge in [0.15, 0.2) is 0 Å². The van der Waals surface area contributed by atoms with Crippen molar-refractivity contribution in [2.45, 2.75) is 30.3 Å². The third-order valence-electron chi connectivity index (χ3n) is 5.61. The minimum absolute atomic E-state index is 0.399. The molecule has 138 valence electrons. The summed E-state index contributed by atoms with van der Waals surface area (Å²) in [7, 11) is 0. The highest BCUT2D eigenvalue weighted by Crippen LogP contribution is 2.45. The van der Waals surface area contributed by atoms with E-state index in [2.05, 4.69) is 108 Å². The predicted molar refractivity (Wildman–Crippen MR) is 113 cm³/mol. The lowest BCUT2D eigenvalue weighted by Gasteiger charge is -2.44. The first kappa shape index (κ1) is 18.2. The van der Waals surface area contributed by atoms with Gasteiger partial charge in [-0.05, 0) is 29.5 Å². The number of rotatable bonds is 5. The second kappa shape index (κ2) is 7.47. The Labute approximate surface area is 166 Å². The molecule has 3 aromatic carbocycles. The Balaban J connectivity index is 1.99. The van der Waals surface area contributed by atoms with E-state index in [-0.39, 0.29) is 0 Å². The molecule has 1 aliphatic heterocycles. The van der Waals surface area contributed by atoms with Gasteiger partial charge in [0.25, 0.3) is 0 Å². The molecule has 1 unspecified atom stereocenters. The van der Waals surface area contributed by atoms with E-state index in [1.165, 1.54) is 16.7 Å². The first-order chi connectivity index (χ1) is 13.2. The van der Waals surface area contributed by atoms with Crippen molar-refractivity contribution in [3.8, 4) is 0 Å². The van der Waals surface area contributed by atoms with E-state index in [9.17, 15) is 0 Å². The van der Waals surface area contributed by atoms with Gasteiger partial charge in [0.2, 0.25) is 0 Å². The van der Waals surface area contributed by atoms with Crippen LogP contribution in [0.25, 0.3) is 0 Å². The van der Waals surface area contributed by atoms with Gasteiger partial charge in [0, 0.05) is 6.54 Å². The molecule has 0 bridgehead atoms. The molecule has 0 radical (unpaired) electrons. The summed E-state index contributed by atoms with van der Waals surface area (Å²) in [5.41, 5.74) is 6.89. The van der Waals surface area contributed by atoms with Crippen molar-refractivity contribution in [3.63, 3.8) is 0 Å². The number of hydrogen-bond donors (Lipinski definition) is 1. The van der Waals surface area contributed by atoms with Crippen LogP contribution in [0.15, 0.2) is 91.0 Å². The molecule has 0 saturated carbocycles.